The number of nitrogens with zero attached hydrogens (tertiary/aromatic N) is 1. The summed E-state index contributed by atoms with van der Waals surface area (Å²) < 4.78 is 0. The van der Waals surface area contributed by atoms with Gasteiger partial charge in [0.1, 0.15) is 6.04 Å². The van der Waals surface area contributed by atoms with Crippen LogP contribution in [0.3, 0.4) is 0 Å². The first-order valence-corrected chi connectivity index (χ1v) is 7.96. The topological polar surface area (TPSA) is 75.4 Å². The third kappa shape index (κ3) is 4.99. The fraction of sp³-hybridized carbons (Fsp3) is 0.875. The van der Waals surface area contributed by atoms with E-state index in [2.05, 4.69) is 12.2 Å². The van der Waals surface area contributed by atoms with E-state index in [1.54, 1.807) is 14.1 Å². The van der Waals surface area contributed by atoms with Gasteiger partial charge >= 0.3 is 0 Å². The fourth-order valence-corrected chi connectivity index (χ4v) is 3.10. The Kier molecular flexibility index (Phi) is 6.20. The highest BCUT2D eigenvalue weighted by Crippen LogP contribution is 2.30. The van der Waals surface area contributed by atoms with Gasteiger partial charge in [0, 0.05) is 14.1 Å². The number of hydrogen-bond acceptors (Lipinski definition) is 3. The molecule has 3 unspecified atom stereocenters. The van der Waals surface area contributed by atoms with Crippen LogP contribution in [-0.2, 0) is 9.59 Å². The highest BCUT2D eigenvalue weighted by atomic mass is 16.2. The van der Waals surface area contributed by atoms with Crippen molar-refractivity contribution in [1.29, 1.82) is 0 Å². The average Bonchev–Trinajstić information content (AvgIpc) is 2.35. The molecule has 3 N–H and O–H groups in total. The number of amides is 2. The van der Waals surface area contributed by atoms with Gasteiger partial charge in [-0.05, 0) is 31.1 Å². The second-order valence-electron chi connectivity index (χ2n) is 7.25. The van der Waals surface area contributed by atoms with Crippen LogP contribution in [0.4, 0.5) is 0 Å². The van der Waals surface area contributed by atoms with Crippen molar-refractivity contribution in [3.05, 3.63) is 0 Å². The SMILES string of the molecule is CC(C)CC(NC(=O)C1(N)CCCC(C)C1)C(=O)N(C)C. The number of hydrogen-bond donors (Lipinski definition) is 2. The maximum absolute atomic E-state index is 12.6. The lowest BCUT2D eigenvalue weighted by Gasteiger charge is -2.36. The summed E-state index contributed by atoms with van der Waals surface area (Å²) in [5.74, 6) is 0.556. The van der Waals surface area contributed by atoms with Crippen LogP contribution in [0, 0.1) is 11.8 Å². The summed E-state index contributed by atoms with van der Waals surface area (Å²) in [5, 5.41) is 2.91. The molecule has 0 radical (unpaired) electrons. The van der Waals surface area contributed by atoms with E-state index < -0.39 is 11.6 Å². The Hall–Kier alpha value is -1.10. The van der Waals surface area contributed by atoms with Crippen molar-refractivity contribution in [3.8, 4) is 0 Å². The van der Waals surface area contributed by atoms with Crippen molar-refractivity contribution in [1.82, 2.24) is 10.2 Å². The molecule has 1 rings (SSSR count). The lowest BCUT2D eigenvalue weighted by molar-refractivity contribution is -0.137. The van der Waals surface area contributed by atoms with Gasteiger partial charge in [-0.2, -0.15) is 0 Å². The summed E-state index contributed by atoms with van der Waals surface area (Å²) in [6, 6.07) is -0.481. The molecular weight excluding hydrogens is 266 g/mol. The maximum atomic E-state index is 12.6. The van der Waals surface area contributed by atoms with Gasteiger partial charge in [-0.25, -0.2) is 0 Å². The van der Waals surface area contributed by atoms with Gasteiger partial charge in [0.05, 0.1) is 5.54 Å². The molecule has 1 saturated carbocycles. The van der Waals surface area contributed by atoms with E-state index in [9.17, 15) is 9.59 Å². The second-order valence-corrected chi connectivity index (χ2v) is 7.25. The van der Waals surface area contributed by atoms with E-state index >= 15 is 0 Å². The maximum Gasteiger partial charge on any atom is 0.244 e. The molecule has 0 heterocycles. The van der Waals surface area contributed by atoms with Crippen LogP contribution in [0.2, 0.25) is 0 Å². The molecule has 0 saturated heterocycles. The van der Waals surface area contributed by atoms with Gasteiger partial charge in [0.25, 0.3) is 0 Å². The Morgan fingerprint density at radius 3 is 2.48 bits per heavy atom. The molecule has 5 heteroatoms. The molecule has 3 atom stereocenters. The molecule has 1 fully saturated rings. The Labute approximate surface area is 128 Å². The van der Waals surface area contributed by atoms with Gasteiger partial charge in [0.15, 0.2) is 0 Å². The summed E-state index contributed by atoms with van der Waals surface area (Å²) in [5.41, 5.74) is 5.49. The Morgan fingerprint density at radius 2 is 2.00 bits per heavy atom. The molecule has 21 heavy (non-hydrogen) atoms. The van der Waals surface area contributed by atoms with Crippen LogP contribution >= 0.6 is 0 Å². The monoisotopic (exact) mass is 297 g/mol. The zero-order valence-electron chi connectivity index (χ0n) is 14.1. The van der Waals surface area contributed by atoms with Crippen molar-refractivity contribution in [2.24, 2.45) is 17.6 Å². The number of carbonyl (C=O) groups is 2. The largest absolute Gasteiger partial charge is 0.347 e. The standard InChI is InChI=1S/C16H31N3O2/c1-11(2)9-13(14(20)19(4)5)18-15(21)16(17)8-6-7-12(3)10-16/h11-13H,6-10,17H2,1-5H3,(H,18,21). The summed E-state index contributed by atoms with van der Waals surface area (Å²) in [7, 11) is 3.42. The Morgan fingerprint density at radius 1 is 1.38 bits per heavy atom. The van der Waals surface area contributed by atoms with Crippen molar-refractivity contribution >= 4 is 11.8 Å². The molecule has 122 valence electrons. The predicted octanol–water partition coefficient (Wildman–Crippen LogP) is 1.51. The first-order chi connectivity index (χ1) is 9.65. The zero-order valence-corrected chi connectivity index (χ0v) is 14.1. The van der Waals surface area contributed by atoms with E-state index in [1.165, 1.54) is 4.90 Å². The number of likely N-dealkylation sites (N-methyl/N-ethyl adjacent to an activating group) is 1. The van der Waals surface area contributed by atoms with E-state index in [-0.39, 0.29) is 11.8 Å². The summed E-state index contributed by atoms with van der Waals surface area (Å²) in [6.07, 6.45) is 4.13. The molecule has 1 aliphatic carbocycles. The van der Waals surface area contributed by atoms with Crippen molar-refractivity contribution < 1.29 is 9.59 Å². The zero-order chi connectivity index (χ0) is 16.2. The second kappa shape index (κ2) is 7.25. The van der Waals surface area contributed by atoms with Gasteiger partial charge < -0.3 is 16.0 Å². The van der Waals surface area contributed by atoms with Crippen LogP contribution in [0.15, 0.2) is 0 Å². The van der Waals surface area contributed by atoms with Gasteiger partial charge in [-0.3, -0.25) is 9.59 Å². The minimum atomic E-state index is -0.820. The smallest absolute Gasteiger partial charge is 0.244 e. The van der Waals surface area contributed by atoms with Gasteiger partial charge in [0.2, 0.25) is 11.8 Å². The van der Waals surface area contributed by atoms with E-state index in [1.807, 2.05) is 13.8 Å². The molecule has 5 nitrogen and oxygen atoms in total. The van der Waals surface area contributed by atoms with Crippen LogP contribution < -0.4 is 11.1 Å². The first kappa shape index (κ1) is 18.0. The third-order valence-electron chi connectivity index (χ3n) is 4.24. The molecule has 0 aromatic heterocycles. The van der Waals surface area contributed by atoms with Crippen LogP contribution in [0.1, 0.15) is 52.9 Å². The lowest BCUT2D eigenvalue weighted by atomic mass is 9.76. The highest BCUT2D eigenvalue weighted by Gasteiger charge is 2.39. The van der Waals surface area contributed by atoms with Gasteiger partial charge in [-0.15, -0.1) is 0 Å². The van der Waals surface area contributed by atoms with E-state index in [0.29, 0.717) is 31.1 Å². The number of carbonyl (C=O) groups excluding carboxylic acids is 2. The molecule has 0 aliphatic heterocycles. The van der Waals surface area contributed by atoms with E-state index in [4.69, 9.17) is 5.73 Å². The minimum absolute atomic E-state index is 0.0653. The van der Waals surface area contributed by atoms with E-state index in [0.717, 1.165) is 12.8 Å². The summed E-state index contributed by atoms with van der Waals surface area (Å²) in [6.45, 7) is 6.22. The third-order valence-corrected chi connectivity index (χ3v) is 4.24. The van der Waals surface area contributed by atoms with Crippen LogP contribution in [0.25, 0.3) is 0 Å². The van der Waals surface area contributed by atoms with Gasteiger partial charge in [-0.1, -0.05) is 33.6 Å². The normalized spacial score (nSPS) is 27.3. The molecule has 1 aliphatic rings. The fourth-order valence-electron chi connectivity index (χ4n) is 3.10. The van der Waals surface area contributed by atoms with Crippen LogP contribution in [-0.4, -0.2) is 42.4 Å². The minimum Gasteiger partial charge on any atom is -0.347 e. The van der Waals surface area contributed by atoms with Crippen molar-refractivity contribution in [2.45, 2.75) is 64.5 Å². The molecule has 0 aromatic carbocycles. The number of nitrogens with two attached hydrogens (primary N) is 1. The molecule has 0 aromatic rings. The number of rotatable bonds is 5. The molecule has 0 spiro atoms. The molecular formula is C16H31N3O2. The quantitative estimate of drug-likeness (QED) is 0.807. The summed E-state index contributed by atoms with van der Waals surface area (Å²) >= 11 is 0. The van der Waals surface area contributed by atoms with Crippen molar-refractivity contribution in [2.75, 3.05) is 14.1 Å². The molecule has 2 amide bonds. The highest BCUT2D eigenvalue weighted by molar-refractivity contribution is 5.91. The van der Waals surface area contributed by atoms with Crippen molar-refractivity contribution in [3.63, 3.8) is 0 Å². The average molecular weight is 297 g/mol. The Balaban J connectivity index is 2.77. The Bertz CT molecular complexity index is 382. The predicted molar refractivity (Wildman–Crippen MR) is 84.6 cm³/mol. The first-order valence-electron chi connectivity index (χ1n) is 7.96. The summed E-state index contributed by atoms with van der Waals surface area (Å²) in [4.78, 5) is 26.3. The van der Waals surface area contributed by atoms with Crippen LogP contribution in [0.5, 0.6) is 0 Å². The lowest BCUT2D eigenvalue weighted by Crippen LogP contribution is -2.60. The number of nitrogens with one attached hydrogen (secondary N) is 1. The molecule has 0 bridgehead atoms.